The first-order valence-electron chi connectivity index (χ1n) is 4.55. The highest BCUT2D eigenvalue weighted by atomic mass is 35.5. The third-order valence-corrected chi connectivity index (χ3v) is 2.94. The van der Waals surface area contributed by atoms with Crippen LogP contribution in [0.2, 0.25) is 5.02 Å². The molecule has 1 N–H and O–H groups in total. The van der Waals surface area contributed by atoms with E-state index >= 15 is 0 Å². The number of halogens is 1. The lowest BCUT2D eigenvalue weighted by Gasteiger charge is -2.13. The number of hydrogen-bond donors (Lipinski definition) is 1. The van der Waals surface area contributed by atoms with Crippen LogP contribution < -0.4 is 5.32 Å². The fourth-order valence-electron chi connectivity index (χ4n) is 1.28. The molecule has 0 spiro atoms. The molecule has 0 radical (unpaired) electrons. The molecule has 1 aromatic carbocycles. The minimum atomic E-state index is 0.226. The fourth-order valence-corrected chi connectivity index (χ4v) is 1.91. The quantitative estimate of drug-likeness (QED) is 0.893. The SMILES string of the molecule is CC(Nc1cnns1)c1ccc(Cl)cc1. The van der Waals surface area contributed by atoms with E-state index in [2.05, 4.69) is 21.8 Å². The van der Waals surface area contributed by atoms with Crippen LogP contribution in [0.15, 0.2) is 30.5 Å². The Bertz CT molecular complexity index is 413. The number of benzene rings is 1. The van der Waals surface area contributed by atoms with Crippen molar-refractivity contribution in [3.8, 4) is 0 Å². The molecule has 2 aromatic rings. The van der Waals surface area contributed by atoms with Gasteiger partial charge < -0.3 is 5.32 Å². The van der Waals surface area contributed by atoms with Gasteiger partial charge in [-0.2, -0.15) is 0 Å². The molecule has 0 aliphatic rings. The molecule has 0 aliphatic carbocycles. The van der Waals surface area contributed by atoms with Crippen molar-refractivity contribution in [1.29, 1.82) is 0 Å². The van der Waals surface area contributed by atoms with E-state index < -0.39 is 0 Å². The number of nitrogens with zero attached hydrogens (tertiary/aromatic N) is 2. The number of aromatic nitrogens is 2. The third kappa shape index (κ3) is 2.67. The molecule has 1 atom stereocenters. The highest BCUT2D eigenvalue weighted by Gasteiger charge is 2.05. The van der Waals surface area contributed by atoms with E-state index in [-0.39, 0.29) is 6.04 Å². The van der Waals surface area contributed by atoms with E-state index in [1.165, 1.54) is 17.1 Å². The second-order valence-corrected chi connectivity index (χ2v) is 4.42. The van der Waals surface area contributed by atoms with Crippen LogP contribution in [0.1, 0.15) is 18.5 Å². The van der Waals surface area contributed by atoms with Gasteiger partial charge in [-0.05, 0) is 24.6 Å². The predicted molar refractivity (Wildman–Crippen MR) is 63.4 cm³/mol. The van der Waals surface area contributed by atoms with E-state index in [9.17, 15) is 0 Å². The van der Waals surface area contributed by atoms with Crippen LogP contribution in [-0.2, 0) is 0 Å². The standard InChI is InChI=1S/C10H10ClN3S/c1-7(13-10-6-12-14-15-10)8-2-4-9(11)5-3-8/h2-7,13H,1H3. The summed E-state index contributed by atoms with van der Waals surface area (Å²) in [5.41, 5.74) is 1.19. The van der Waals surface area contributed by atoms with Crippen LogP contribution in [-0.4, -0.2) is 9.59 Å². The Morgan fingerprint density at radius 1 is 1.33 bits per heavy atom. The van der Waals surface area contributed by atoms with Crippen molar-refractivity contribution in [2.24, 2.45) is 0 Å². The van der Waals surface area contributed by atoms with E-state index in [0.717, 1.165) is 10.0 Å². The summed E-state index contributed by atoms with van der Waals surface area (Å²) in [7, 11) is 0. The maximum Gasteiger partial charge on any atom is 0.130 e. The molecule has 0 saturated heterocycles. The first-order valence-corrected chi connectivity index (χ1v) is 5.70. The molecule has 1 unspecified atom stereocenters. The minimum absolute atomic E-state index is 0.226. The molecule has 78 valence electrons. The maximum absolute atomic E-state index is 5.82. The Morgan fingerprint density at radius 2 is 2.07 bits per heavy atom. The van der Waals surface area contributed by atoms with Crippen molar-refractivity contribution < 1.29 is 0 Å². The highest BCUT2D eigenvalue weighted by Crippen LogP contribution is 2.21. The molecule has 0 saturated carbocycles. The third-order valence-electron chi connectivity index (χ3n) is 2.09. The highest BCUT2D eigenvalue weighted by molar-refractivity contribution is 7.09. The molecule has 0 fully saturated rings. The van der Waals surface area contributed by atoms with Gasteiger partial charge in [0, 0.05) is 22.6 Å². The lowest BCUT2D eigenvalue weighted by molar-refractivity contribution is 0.888. The summed E-state index contributed by atoms with van der Waals surface area (Å²) in [6.45, 7) is 2.09. The van der Waals surface area contributed by atoms with Crippen LogP contribution in [0.5, 0.6) is 0 Å². The minimum Gasteiger partial charge on any atom is -0.368 e. The van der Waals surface area contributed by atoms with Gasteiger partial charge >= 0.3 is 0 Å². The molecule has 15 heavy (non-hydrogen) atoms. The topological polar surface area (TPSA) is 37.8 Å². The Balaban J connectivity index is 2.08. The average molecular weight is 240 g/mol. The molecular weight excluding hydrogens is 230 g/mol. The molecule has 0 aliphatic heterocycles. The van der Waals surface area contributed by atoms with Crippen molar-refractivity contribution in [3.05, 3.63) is 41.0 Å². The first-order chi connectivity index (χ1) is 7.25. The van der Waals surface area contributed by atoms with Gasteiger partial charge in [0.25, 0.3) is 0 Å². The summed E-state index contributed by atoms with van der Waals surface area (Å²) >= 11 is 7.17. The second-order valence-electron chi connectivity index (χ2n) is 3.20. The summed E-state index contributed by atoms with van der Waals surface area (Å²) in [5.74, 6) is 0. The smallest absolute Gasteiger partial charge is 0.130 e. The van der Waals surface area contributed by atoms with Crippen LogP contribution in [0, 0.1) is 0 Å². The molecule has 1 heterocycles. The number of hydrogen-bond acceptors (Lipinski definition) is 4. The first kappa shape index (κ1) is 10.4. The zero-order valence-electron chi connectivity index (χ0n) is 8.14. The van der Waals surface area contributed by atoms with Crippen molar-refractivity contribution in [2.75, 3.05) is 5.32 Å². The van der Waals surface area contributed by atoms with Gasteiger partial charge in [-0.3, -0.25) is 0 Å². The van der Waals surface area contributed by atoms with Gasteiger partial charge in [0.2, 0.25) is 0 Å². The van der Waals surface area contributed by atoms with Gasteiger partial charge in [-0.15, -0.1) is 5.10 Å². The fraction of sp³-hybridized carbons (Fsp3) is 0.200. The van der Waals surface area contributed by atoms with Gasteiger partial charge in [0.1, 0.15) is 5.00 Å². The zero-order chi connectivity index (χ0) is 10.7. The molecule has 0 bridgehead atoms. The Labute approximate surface area is 97.3 Å². The molecule has 1 aromatic heterocycles. The van der Waals surface area contributed by atoms with Crippen molar-refractivity contribution in [2.45, 2.75) is 13.0 Å². The Hall–Kier alpha value is -1.13. The Morgan fingerprint density at radius 3 is 2.67 bits per heavy atom. The molecule has 3 nitrogen and oxygen atoms in total. The molecule has 5 heteroatoms. The van der Waals surface area contributed by atoms with Gasteiger partial charge in [-0.25, -0.2) is 0 Å². The van der Waals surface area contributed by atoms with Crippen LogP contribution in [0.25, 0.3) is 0 Å². The number of nitrogens with one attached hydrogen (secondary N) is 1. The van der Waals surface area contributed by atoms with Gasteiger partial charge in [0.15, 0.2) is 0 Å². The lowest BCUT2D eigenvalue weighted by atomic mass is 10.1. The largest absolute Gasteiger partial charge is 0.368 e. The summed E-state index contributed by atoms with van der Waals surface area (Å²) in [6.07, 6.45) is 1.72. The lowest BCUT2D eigenvalue weighted by Crippen LogP contribution is -2.04. The van der Waals surface area contributed by atoms with Crippen LogP contribution >= 0.6 is 23.1 Å². The number of rotatable bonds is 3. The normalized spacial score (nSPS) is 12.4. The summed E-state index contributed by atoms with van der Waals surface area (Å²) in [5, 5.41) is 8.80. The molecular formula is C10H10ClN3S. The summed E-state index contributed by atoms with van der Waals surface area (Å²) in [6, 6.07) is 8.02. The van der Waals surface area contributed by atoms with E-state index in [1.54, 1.807) is 6.20 Å². The summed E-state index contributed by atoms with van der Waals surface area (Å²) in [4.78, 5) is 0. The van der Waals surface area contributed by atoms with Crippen LogP contribution in [0.3, 0.4) is 0 Å². The monoisotopic (exact) mass is 239 g/mol. The second kappa shape index (κ2) is 4.59. The van der Waals surface area contributed by atoms with Gasteiger partial charge in [0.05, 0.1) is 6.20 Å². The van der Waals surface area contributed by atoms with Crippen LogP contribution in [0.4, 0.5) is 5.00 Å². The van der Waals surface area contributed by atoms with Crippen molar-refractivity contribution >= 4 is 28.1 Å². The maximum atomic E-state index is 5.82. The number of anilines is 1. The van der Waals surface area contributed by atoms with Crippen molar-refractivity contribution in [1.82, 2.24) is 9.59 Å². The van der Waals surface area contributed by atoms with Gasteiger partial charge in [-0.1, -0.05) is 28.2 Å². The van der Waals surface area contributed by atoms with E-state index in [0.29, 0.717) is 0 Å². The molecule has 2 rings (SSSR count). The average Bonchev–Trinajstić information content (AvgIpc) is 2.71. The van der Waals surface area contributed by atoms with Crippen molar-refractivity contribution in [3.63, 3.8) is 0 Å². The predicted octanol–water partition coefficient (Wildman–Crippen LogP) is 3.36. The Kier molecular flexibility index (Phi) is 3.18. The van der Waals surface area contributed by atoms with E-state index in [4.69, 9.17) is 11.6 Å². The van der Waals surface area contributed by atoms with E-state index in [1.807, 2.05) is 24.3 Å². The zero-order valence-corrected chi connectivity index (χ0v) is 9.72. The molecule has 0 amide bonds. The summed E-state index contributed by atoms with van der Waals surface area (Å²) < 4.78 is 3.79.